The van der Waals surface area contributed by atoms with Crippen molar-refractivity contribution in [1.82, 2.24) is 4.98 Å². The van der Waals surface area contributed by atoms with Gasteiger partial charge in [0.05, 0.1) is 16.7 Å². The number of hydrogen-bond donors (Lipinski definition) is 1. The first-order valence-electron chi connectivity index (χ1n) is 5.93. The summed E-state index contributed by atoms with van der Waals surface area (Å²) in [5.74, 6) is -0.212. The zero-order valence-corrected chi connectivity index (χ0v) is 11.9. The minimum atomic E-state index is -0.212. The van der Waals surface area contributed by atoms with E-state index < -0.39 is 0 Å². The van der Waals surface area contributed by atoms with Crippen molar-refractivity contribution in [1.29, 1.82) is 0 Å². The maximum atomic E-state index is 13.3. The Hall–Kier alpha value is -1.42. The molecule has 1 aromatic heterocycles. The highest BCUT2D eigenvalue weighted by Crippen LogP contribution is 2.26. The van der Waals surface area contributed by atoms with E-state index in [1.54, 1.807) is 11.3 Å². The molecule has 0 spiro atoms. The zero-order valence-electron chi connectivity index (χ0n) is 11.0. The van der Waals surface area contributed by atoms with Gasteiger partial charge in [0.15, 0.2) is 0 Å². The minimum Gasteiger partial charge on any atom is -0.377 e. The molecule has 0 aliphatic rings. The van der Waals surface area contributed by atoms with E-state index in [0.717, 1.165) is 22.0 Å². The van der Waals surface area contributed by atoms with Gasteiger partial charge in [-0.1, -0.05) is 0 Å². The molecule has 0 saturated heterocycles. The quantitative estimate of drug-likeness (QED) is 0.889. The van der Waals surface area contributed by atoms with Crippen LogP contribution in [-0.2, 0) is 0 Å². The number of thiazole rings is 1. The van der Waals surface area contributed by atoms with Crippen molar-refractivity contribution in [3.63, 3.8) is 0 Å². The number of nitrogens with zero attached hydrogens (tertiary/aromatic N) is 1. The summed E-state index contributed by atoms with van der Waals surface area (Å²) in [6, 6.07) is 5.05. The van der Waals surface area contributed by atoms with E-state index in [1.807, 2.05) is 26.8 Å². The van der Waals surface area contributed by atoms with Crippen molar-refractivity contribution >= 4 is 17.0 Å². The number of anilines is 1. The fourth-order valence-corrected chi connectivity index (χ4v) is 3.00. The molecule has 1 aromatic carbocycles. The number of aromatic nitrogens is 1. The largest absolute Gasteiger partial charge is 0.377 e. The predicted octanol–water partition coefficient (Wildman–Crippen LogP) is 4.38. The van der Waals surface area contributed by atoms with Crippen molar-refractivity contribution in [2.75, 3.05) is 5.32 Å². The van der Waals surface area contributed by atoms with Gasteiger partial charge in [0, 0.05) is 10.6 Å². The number of rotatable bonds is 3. The smallest absolute Gasteiger partial charge is 0.125 e. The molecule has 1 unspecified atom stereocenters. The summed E-state index contributed by atoms with van der Waals surface area (Å²) in [7, 11) is 0. The van der Waals surface area contributed by atoms with Crippen molar-refractivity contribution in [2.45, 2.75) is 33.7 Å². The molecular weight excluding hydrogens is 247 g/mol. The topological polar surface area (TPSA) is 24.9 Å². The van der Waals surface area contributed by atoms with E-state index in [0.29, 0.717) is 0 Å². The molecule has 2 nitrogen and oxygen atoms in total. The second-order valence-electron chi connectivity index (χ2n) is 4.56. The fraction of sp³-hybridized carbons (Fsp3) is 0.357. The number of hydrogen-bond acceptors (Lipinski definition) is 3. The third-order valence-corrected chi connectivity index (χ3v) is 3.68. The van der Waals surface area contributed by atoms with Gasteiger partial charge in [-0.3, -0.25) is 0 Å². The molecule has 2 aromatic rings. The summed E-state index contributed by atoms with van der Waals surface area (Å²) in [6.45, 7) is 7.99. The second-order valence-corrected chi connectivity index (χ2v) is 5.96. The van der Waals surface area contributed by atoms with Crippen LogP contribution in [0.3, 0.4) is 0 Å². The SMILES string of the molecule is Cc1cc(F)cc(NC(C)c2nc(C)sc2C)c1. The summed E-state index contributed by atoms with van der Waals surface area (Å²) in [6.07, 6.45) is 0. The summed E-state index contributed by atoms with van der Waals surface area (Å²) in [4.78, 5) is 5.72. The van der Waals surface area contributed by atoms with Gasteiger partial charge in [-0.25, -0.2) is 9.37 Å². The molecule has 4 heteroatoms. The highest BCUT2D eigenvalue weighted by Gasteiger charge is 2.13. The maximum absolute atomic E-state index is 13.3. The van der Waals surface area contributed by atoms with Gasteiger partial charge in [-0.2, -0.15) is 0 Å². The van der Waals surface area contributed by atoms with Gasteiger partial charge < -0.3 is 5.32 Å². The summed E-state index contributed by atoms with van der Waals surface area (Å²) in [5.41, 5.74) is 2.75. The Labute approximate surface area is 111 Å². The van der Waals surface area contributed by atoms with Crippen LogP contribution in [0.25, 0.3) is 0 Å². The summed E-state index contributed by atoms with van der Waals surface area (Å²) >= 11 is 1.69. The molecule has 0 radical (unpaired) electrons. The van der Waals surface area contributed by atoms with E-state index in [1.165, 1.54) is 17.0 Å². The standard InChI is InChI=1S/C14H17FN2S/c1-8-5-12(15)7-13(6-8)16-9(2)14-10(3)18-11(4)17-14/h5-7,9,16H,1-4H3. The molecule has 1 atom stereocenters. The van der Waals surface area contributed by atoms with Crippen molar-refractivity contribution in [2.24, 2.45) is 0 Å². The lowest BCUT2D eigenvalue weighted by molar-refractivity contribution is 0.626. The first-order valence-corrected chi connectivity index (χ1v) is 6.75. The molecule has 0 amide bonds. The molecular formula is C14H17FN2S. The van der Waals surface area contributed by atoms with Crippen molar-refractivity contribution < 1.29 is 4.39 Å². The lowest BCUT2D eigenvalue weighted by Crippen LogP contribution is -2.08. The Kier molecular flexibility index (Phi) is 3.66. The highest BCUT2D eigenvalue weighted by atomic mass is 32.1. The first-order chi connectivity index (χ1) is 8.45. The number of halogens is 1. The normalized spacial score (nSPS) is 12.5. The van der Waals surface area contributed by atoms with Gasteiger partial charge in [-0.05, 0) is 51.5 Å². The van der Waals surface area contributed by atoms with E-state index in [-0.39, 0.29) is 11.9 Å². The molecule has 1 heterocycles. The Morgan fingerprint density at radius 2 is 1.94 bits per heavy atom. The number of aryl methyl sites for hydroxylation is 3. The average molecular weight is 264 g/mol. The molecule has 0 aliphatic carbocycles. The Balaban J connectivity index is 2.20. The van der Waals surface area contributed by atoms with Gasteiger partial charge in [0.25, 0.3) is 0 Å². The van der Waals surface area contributed by atoms with Crippen LogP contribution in [0.5, 0.6) is 0 Å². The van der Waals surface area contributed by atoms with Gasteiger partial charge >= 0.3 is 0 Å². The molecule has 0 saturated carbocycles. The number of benzene rings is 1. The van der Waals surface area contributed by atoms with Crippen LogP contribution in [0.4, 0.5) is 10.1 Å². The lowest BCUT2D eigenvalue weighted by Gasteiger charge is -2.14. The fourth-order valence-electron chi connectivity index (χ4n) is 2.08. The van der Waals surface area contributed by atoms with Crippen LogP contribution in [0.15, 0.2) is 18.2 Å². The molecule has 1 N–H and O–H groups in total. The average Bonchev–Trinajstić information content (AvgIpc) is 2.56. The minimum absolute atomic E-state index is 0.0798. The molecule has 0 aliphatic heterocycles. The summed E-state index contributed by atoms with van der Waals surface area (Å²) < 4.78 is 13.3. The van der Waals surface area contributed by atoms with Crippen molar-refractivity contribution in [3.05, 3.63) is 45.2 Å². The van der Waals surface area contributed by atoms with Crippen LogP contribution < -0.4 is 5.32 Å². The molecule has 18 heavy (non-hydrogen) atoms. The van der Waals surface area contributed by atoms with Crippen LogP contribution in [-0.4, -0.2) is 4.98 Å². The van der Waals surface area contributed by atoms with Crippen LogP contribution in [0.1, 0.15) is 34.1 Å². The first kappa shape index (κ1) is 13.0. The van der Waals surface area contributed by atoms with Gasteiger partial charge in [0.1, 0.15) is 5.82 Å². The van der Waals surface area contributed by atoms with Crippen molar-refractivity contribution in [3.8, 4) is 0 Å². The highest BCUT2D eigenvalue weighted by molar-refractivity contribution is 7.11. The predicted molar refractivity (Wildman–Crippen MR) is 74.8 cm³/mol. The molecule has 0 fully saturated rings. The second kappa shape index (κ2) is 5.06. The monoisotopic (exact) mass is 264 g/mol. The maximum Gasteiger partial charge on any atom is 0.125 e. The Morgan fingerprint density at radius 1 is 1.22 bits per heavy atom. The third kappa shape index (κ3) is 2.88. The van der Waals surface area contributed by atoms with Crippen LogP contribution >= 0.6 is 11.3 Å². The van der Waals surface area contributed by atoms with E-state index in [9.17, 15) is 4.39 Å². The van der Waals surface area contributed by atoms with E-state index in [2.05, 4.69) is 17.2 Å². The Bertz CT molecular complexity index is 543. The lowest BCUT2D eigenvalue weighted by atomic mass is 10.1. The third-order valence-electron chi connectivity index (χ3n) is 2.77. The van der Waals surface area contributed by atoms with Crippen LogP contribution in [0.2, 0.25) is 0 Å². The molecule has 96 valence electrons. The number of nitrogens with one attached hydrogen (secondary N) is 1. The van der Waals surface area contributed by atoms with E-state index in [4.69, 9.17) is 0 Å². The molecule has 2 rings (SSSR count). The zero-order chi connectivity index (χ0) is 13.3. The van der Waals surface area contributed by atoms with Gasteiger partial charge in [-0.15, -0.1) is 11.3 Å². The van der Waals surface area contributed by atoms with Crippen LogP contribution in [0, 0.1) is 26.6 Å². The Morgan fingerprint density at radius 3 is 2.50 bits per heavy atom. The summed E-state index contributed by atoms with van der Waals surface area (Å²) in [5, 5.41) is 4.36. The van der Waals surface area contributed by atoms with Gasteiger partial charge in [0.2, 0.25) is 0 Å². The van der Waals surface area contributed by atoms with E-state index >= 15 is 0 Å². The molecule has 0 bridgehead atoms.